The Balaban J connectivity index is 0.00000242. The van der Waals surface area contributed by atoms with E-state index in [1.165, 1.54) is 6.92 Å². The fourth-order valence-electron chi connectivity index (χ4n) is 2.59. The van der Waals surface area contributed by atoms with Gasteiger partial charge >= 0.3 is 0 Å². The van der Waals surface area contributed by atoms with E-state index in [2.05, 4.69) is 16.0 Å². The van der Waals surface area contributed by atoms with Gasteiger partial charge in [0.25, 0.3) is 0 Å². The summed E-state index contributed by atoms with van der Waals surface area (Å²) < 4.78 is 0. The molecule has 5 nitrogen and oxygen atoms in total. The Labute approximate surface area is 137 Å². The number of hydrogen-bond acceptors (Lipinski definition) is 3. The van der Waals surface area contributed by atoms with Crippen LogP contribution in [0.5, 0.6) is 0 Å². The van der Waals surface area contributed by atoms with E-state index in [0.717, 1.165) is 37.2 Å². The van der Waals surface area contributed by atoms with Gasteiger partial charge in [0.2, 0.25) is 11.8 Å². The molecular weight excluding hydrogens is 302 g/mol. The van der Waals surface area contributed by atoms with Gasteiger partial charge < -0.3 is 16.0 Å². The van der Waals surface area contributed by atoms with E-state index in [1.54, 1.807) is 0 Å². The summed E-state index contributed by atoms with van der Waals surface area (Å²) in [5, 5.41) is 9.08. The van der Waals surface area contributed by atoms with Crippen molar-refractivity contribution in [1.29, 1.82) is 0 Å². The maximum atomic E-state index is 12.2. The molecule has 0 aromatic heterocycles. The van der Waals surface area contributed by atoms with Crippen molar-refractivity contribution in [3.8, 4) is 0 Å². The largest absolute Gasteiger partial charge is 0.349 e. The molecule has 22 heavy (non-hydrogen) atoms. The van der Waals surface area contributed by atoms with Crippen LogP contribution in [0.2, 0.25) is 0 Å². The third-order valence-corrected chi connectivity index (χ3v) is 3.78. The van der Waals surface area contributed by atoms with Crippen molar-refractivity contribution in [2.24, 2.45) is 5.92 Å². The average Bonchev–Trinajstić information content (AvgIpc) is 2.47. The van der Waals surface area contributed by atoms with Gasteiger partial charge in [-0.3, -0.25) is 9.59 Å². The molecule has 1 unspecified atom stereocenters. The lowest BCUT2D eigenvalue weighted by Crippen LogP contribution is -2.39. The van der Waals surface area contributed by atoms with Crippen molar-refractivity contribution in [3.05, 3.63) is 29.8 Å². The lowest BCUT2D eigenvalue weighted by atomic mass is 9.96. The fourth-order valence-corrected chi connectivity index (χ4v) is 2.59. The summed E-state index contributed by atoms with van der Waals surface area (Å²) in [4.78, 5) is 23.3. The predicted octanol–water partition coefficient (Wildman–Crippen LogP) is 2.24. The van der Waals surface area contributed by atoms with E-state index < -0.39 is 0 Å². The van der Waals surface area contributed by atoms with Crippen LogP contribution in [-0.4, -0.2) is 24.9 Å². The van der Waals surface area contributed by atoms with Gasteiger partial charge in [-0.1, -0.05) is 12.1 Å². The third-order valence-electron chi connectivity index (χ3n) is 3.78. The molecule has 0 spiro atoms. The lowest BCUT2D eigenvalue weighted by molar-refractivity contribution is -0.126. The number of carbonyl (C=O) groups is 2. The van der Waals surface area contributed by atoms with E-state index >= 15 is 0 Å². The fraction of sp³-hybridized carbons (Fsp3) is 0.500. The minimum absolute atomic E-state index is 0. The Morgan fingerprint density at radius 1 is 1.27 bits per heavy atom. The molecule has 122 valence electrons. The van der Waals surface area contributed by atoms with Crippen molar-refractivity contribution in [2.75, 3.05) is 18.4 Å². The zero-order chi connectivity index (χ0) is 15.2. The van der Waals surface area contributed by atoms with Crippen LogP contribution in [0.15, 0.2) is 24.3 Å². The first kappa shape index (κ1) is 18.5. The summed E-state index contributed by atoms with van der Waals surface area (Å²) in [7, 11) is 0. The molecule has 1 atom stereocenters. The molecule has 1 aromatic rings. The molecule has 1 saturated heterocycles. The van der Waals surface area contributed by atoms with Crippen molar-refractivity contribution < 1.29 is 9.59 Å². The normalized spacial score (nSPS) is 16.3. The van der Waals surface area contributed by atoms with Crippen LogP contribution >= 0.6 is 12.4 Å². The van der Waals surface area contributed by atoms with E-state index in [0.29, 0.717) is 0 Å². The zero-order valence-corrected chi connectivity index (χ0v) is 13.8. The second-order valence-corrected chi connectivity index (χ2v) is 5.56. The molecule has 0 radical (unpaired) electrons. The number of benzene rings is 1. The number of hydrogen-bond donors (Lipinski definition) is 3. The van der Waals surface area contributed by atoms with Gasteiger partial charge in [0.15, 0.2) is 0 Å². The van der Waals surface area contributed by atoms with Crippen molar-refractivity contribution in [3.63, 3.8) is 0 Å². The van der Waals surface area contributed by atoms with Gasteiger partial charge in [0, 0.05) is 18.5 Å². The van der Waals surface area contributed by atoms with E-state index in [9.17, 15) is 9.59 Å². The third kappa shape index (κ3) is 5.31. The van der Waals surface area contributed by atoms with E-state index in [1.807, 2.05) is 31.2 Å². The zero-order valence-electron chi connectivity index (χ0n) is 13.0. The van der Waals surface area contributed by atoms with Crippen LogP contribution in [0.3, 0.4) is 0 Å². The molecule has 3 N–H and O–H groups in total. The topological polar surface area (TPSA) is 70.2 Å². The highest BCUT2D eigenvalue weighted by Crippen LogP contribution is 2.19. The first-order chi connectivity index (χ1) is 10.1. The Hall–Kier alpha value is -1.59. The molecule has 1 aliphatic heterocycles. The SMILES string of the molecule is CC(=O)Nc1cccc(C(C)NC(=O)C2CCNCC2)c1.Cl. The Kier molecular flexibility index (Phi) is 7.35. The second kappa shape index (κ2) is 8.76. The van der Waals surface area contributed by atoms with Crippen LogP contribution in [0.25, 0.3) is 0 Å². The van der Waals surface area contributed by atoms with Crippen LogP contribution in [0.1, 0.15) is 38.3 Å². The number of piperidine rings is 1. The highest BCUT2D eigenvalue weighted by atomic mass is 35.5. The molecule has 0 saturated carbocycles. The summed E-state index contributed by atoms with van der Waals surface area (Å²) >= 11 is 0. The predicted molar refractivity (Wildman–Crippen MR) is 90.1 cm³/mol. The molecule has 6 heteroatoms. The molecule has 1 aromatic carbocycles. The minimum atomic E-state index is -0.0986. The van der Waals surface area contributed by atoms with Gasteiger partial charge in [0.05, 0.1) is 6.04 Å². The van der Waals surface area contributed by atoms with Crippen LogP contribution in [0, 0.1) is 5.92 Å². The molecule has 0 bridgehead atoms. The molecule has 1 aliphatic rings. The lowest BCUT2D eigenvalue weighted by Gasteiger charge is -2.24. The monoisotopic (exact) mass is 325 g/mol. The van der Waals surface area contributed by atoms with Gasteiger partial charge in [0.1, 0.15) is 0 Å². The van der Waals surface area contributed by atoms with Crippen LogP contribution < -0.4 is 16.0 Å². The first-order valence-electron chi connectivity index (χ1n) is 7.45. The molecule has 1 heterocycles. The Bertz CT molecular complexity index is 516. The molecule has 0 aliphatic carbocycles. The summed E-state index contributed by atoms with van der Waals surface area (Å²) in [5.41, 5.74) is 1.74. The molecular formula is C16H24ClN3O2. The van der Waals surface area contributed by atoms with Gasteiger partial charge in [-0.05, 0) is 50.6 Å². The first-order valence-corrected chi connectivity index (χ1v) is 7.45. The number of anilines is 1. The number of rotatable bonds is 4. The maximum absolute atomic E-state index is 12.2. The average molecular weight is 326 g/mol. The van der Waals surface area contributed by atoms with Gasteiger partial charge in [-0.15, -0.1) is 12.4 Å². The number of carbonyl (C=O) groups excluding carboxylic acids is 2. The van der Waals surface area contributed by atoms with Crippen LogP contribution in [-0.2, 0) is 9.59 Å². The Morgan fingerprint density at radius 2 is 1.95 bits per heavy atom. The molecule has 2 rings (SSSR count). The smallest absolute Gasteiger partial charge is 0.223 e. The second-order valence-electron chi connectivity index (χ2n) is 5.56. The minimum Gasteiger partial charge on any atom is -0.349 e. The van der Waals surface area contributed by atoms with Crippen molar-refractivity contribution in [2.45, 2.75) is 32.7 Å². The van der Waals surface area contributed by atoms with Crippen LogP contribution in [0.4, 0.5) is 5.69 Å². The summed E-state index contributed by atoms with van der Waals surface area (Å²) in [6.45, 7) is 5.26. The quantitative estimate of drug-likeness (QED) is 0.795. The van der Waals surface area contributed by atoms with Gasteiger partial charge in [-0.2, -0.15) is 0 Å². The maximum Gasteiger partial charge on any atom is 0.223 e. The Morgan fingerprint density at radius 3 is 2.59 bits per heavy atom. The van der Waals surface area contributed by atoms with Gasteiger partial charge in [-0.25, -0.2) is 0 Å². The molecule has 1 fully saturated rings. The highest BCUT2D eigenvalue weighted by Gasteiger charge is 2.22. The van der Waals surface area contributed by atoms with E-state index in [-0.39, 0.29) is 36.2 Å². The summed E-state index contributed by atoms with van der Waals surface area (Å²) in [6.07, 6.45) is 1.79. The highest BCUT2D eigenvalue weighted by molar-refractivity contribution is 5.88. The number of nitrogens with one attached hydrogen (secondary N) is 3. The van der Waals surface area contributed by atoms with Crippen molar-refractivity contribution in [1.82, 2.24) is 10.6 Å². The summed E-state index contributed by atoms with van der Waals surface area (Å²) in [5.74, 6) is 0.125. The summed E-state index contributed by atoms with van der Waals surface area (Å²) in [6, 6.07) is 7.51. The number of halogens is 1. The van der Waals surface area contributed by atoms with E-state index in [4.69, 9.17) is 0 Å². The van der Waals surface area contributed by atoms with Crippen molar-refractivity contribution >= 4 is 29.9 Å². The standard InChI is InChI=1S/C16H23N3O2.ClH/c1-11(18-16(21)13-6-8-17-9-7-13)14-4-3-5-15(10-14)19-12(2)20;/h3-5,10-11,13,17H,6-9H2,1-2H3,(H,18,21)(H,19,20);1H. The molecule has 2 amide bonds. The number of amides is 2.